The van der Waals surface area contributed by atoms with Crippen LogP contribution in [-0.2, 0) is 0 Å². The predicted molar refractivity (Wildman–Crippen MR) is 88.2 cm³/mol. The van der Waals surface area contributed by atoms with Gasteiger partial charge in [-0.25, -0.2) is 0 Å². The van der Waals surface area contributed by atoms with E-state index in [1.54, 1.807) is 0 Å². The van der Waals surface area contributed by atoms with Crippen molar-refractivity contribution < 1.29 is 0 Å². The van der Waals surface area contributed by atoms with Gasteiger partial charge >= 0.3 is 0 Å². The molecule has 2 nitrogen and oxygen atoms in total. The minimum atomic E-state index is 0.466. The van der Waals surface area contributed by atoms with Crippen LogP contribution < -0.4 is 5.32 Å². The standard InChI is InChI=1S/C18H36N2/c1-4-15-19-17(12-11-16-9-10-16)18(13-7-8-14-18)20(5-2)6-3/h16-17,19H,4-15H2,1-3H3. The third-order valence-electron chi connectivity index (χ3n) is 5.71. The third kappa shape index (κ3) is 3.76. The molecule has 0 aliphatic heterocycles. The lowest BCUT2D eigenvalue weighted by Crippen LogP contribution is -2.60. The van der Waals surface area contributed by atoms with E-state index < -0.39 is 0 Å². The van der Waals surface area contributed by atoms with E-state index >= 15 is 0 Å². The van der Waals surface area contributed by atoms with Gasteiger partial charge in [0.1, 0.15) is 0 Å². The molecule has 0 bridgehead atoms. The van der Waals surface area contributed by atoms with Crippen molar-refractivity contribution in [2.75, 3.05) is 19.6 Å². The number of hydrogen-bond acceptors (Lipinski definition) is 2. The summed E-state index contributed by atoms with van der Waals surface area (Å²) in [5.74, 6) is 1.07. The van der Waals surface area contributed by atoms with E-state index in [0.717, 1.165) is 12.0 Å². The summed E-state index contributed by atoms with van der Waals surface area (Å²) in [7, 11) is 0. The summed E-state index contributed by atoms with van der Waals surface area (Å²) < 4.78 is 0. The quantitative estimate of drug-likeness (QED) is 0.645. The molecule has 0 aromatic rings. The van der Waals surface area contributed by atoms with Crippen LogP contribution in [0, 0.1) is 5.92 Å². The smallest absolute Gasteiger partial charge is 0.0362 e. The van der Waals surface area contributed by atoms with E-state index in [4.69, 9.17) is 0 Å². The van der Waals surface area contributed by atoms with Crippen molar-refractivity contribution >= 4 is 0 Å². The molecule has 0 aromatic carbocycles. The topological polar surface area (TPSA) is 15.3 Å². The summed E-state index contributed by atoms with van der Waals surface area (Å²) in [6.07, 6.45) is 12.8. The van der Waals surface area contributed by atoms with Crippen molar-refractivity contribution in [1.29, 1.82) is 0 Å². The molecule has 118 valence electrons. The van der Waals surface area contributed by atoms with Crippen molar-refractivity contribution in [3.8, 4) is 0 Å². The van der Waals surface area contributed by atoms with E-state index in [1.165, 1.54) is 77.4 Å². The molecular formula is C18H36N2. The van der Waals surface area contributed by atoms with E-state index in [2.05, 4.69) is 31.0 Å². The molecule has 2 heteroatoms. The van der Waals surface area contributed by atoms with Crippen LogP contribution in [0.15, 0.2) is 0 Å². The Balaban J connectivity index is 2.06. The summed E-state index contributed by atoms with van der Waals surface area (Å²) in [5.41, 5.74) is 0.466. The second-order valence-electron chi connectivity index (χ2n) is 7.01. The highest BCUT2D eigenvalue weighted by atomic mass is 15.2. The first-order valence-electron chi connectivity index (χ1n) is 9.25. The van der Waals surface area contributed by atoms with Crippen molar-refractivity contribution in [2.24, 2.45) is 5.92 Å². The van der Waals surface area contributed by atoms with Gasteiger partial charge < -0.3 is 5.32 Å². The van der Waals surface area contributed by atoms with Crippen LogP contribution in [-0.4, -0.2) is 36.1 Å². The summed E-state index contributed by atoms with van der Waals surface area (Å²) >= 11 is 0. The summed E-state index contributed by atoms with van der Waals surface area (Å²) in [4.78, 5) is 2.78. The van der Waals surface area contributed by atoms with Gasteiger partial charge in [-0.3, -0.25) is 4.90 Å². The van der Waals surface area contributed by atoms with Gasteiger partial charge in [0.25, 0.3) is 0 Å². The molecule has 1 atom stereocenters. The van der Waals surface area contributed by atoms with E-state index in [0.29, 0.717) is 5.54 Å². The number of nitrogens with one attached hydrogen (secondary N) is 1. The van der Waals surface area contributed by atoms with Crippen LogP contribution in [0.5, 0.6) is 0 Å². The largest absolute Gasteiger partial charge is 0.312 e. The van der Waals surface area contributed by atoms with Crippen LogP contribution in [0.1, 0.15) is 78.6 Å². The van der Waals surface area contributed by atoms with Crippen molar-refractivity contribution in [2.45, 2.75) is 90.1 Å². The number of likely N-dealkylation sites (N-methyl/N-ethyl adjacent to an activating group) is 1. The Morgan fingerprint density at radius 2 is 1.75 bits per heavy atom. The summed E-state index contributed by atoms with van der Waals surface area (Å²) in [6, 6.07) is 0.727. The maximum Gasteiger partial charge on any atom is 0.0362 e. The highest BCUT2D eigenvalue weighted by molar-refractivity contribution is 5.03. The Bertz CT molecular complexity index is 263. The lowest BCUT2D eigenvalue weighted by Gasteiger charge is -2.47. The fourth-order valence-corrected chi connectivity index (χ4v) is 4.41. The van der Waals surface area contributed by atoms with Crippen LogP contribution in [0.2, 0.25) is 0 Å². The van der Waals surface area contributed by atoms with Gasteiger partial charge in [0, 0.05) is 11.6 Å². The van der Waals surface area contributed by atoms with Gasteiger partial charge in [-0.2, -0.15) is 0 Å². The van der Waals surface area contributed by atoms with Crippen LogP contribution in [0.3, 0.4) is 0 Å². The minimum Gasteiger partial charge on any atom is -0.312 e. The second kappa shape index (κ2) is 7.79. The molecule has 0 saturated heterocycles. The molecule has 0 amide bonds. The Hall–Kier alpha value is -0.0800. The van der Waals surface area contributed by atoms with Gasteiger partial charge in [0.15, 0.2) is 0 Å². The molecule has 2 rings (SSSR count). The van der Waals surface area contributed by atoms with Gasteiger partial charge in [0.05, 0.1) is 0 Å². The highest BCUT2D eigenvalue weighted by Crippen LogP contribution is 2.42. The first-order valence-corrected chi connectivity index (χ1v) is 9.25. The van der Waals surface area contributed by atoms with Gasteiger partial charge in [0.2, 0.25) is 0 Å². The molecule has 2 aliphatic carbocycles. The molecular weight excluding hydrogens is 244 g/mol. The Kier molecular flexibility index (Phi) is 6.35. The number of hydrogen-bond donors (Lipinski definition) is 1. The van der Waals surface area contributed by atoms with Crippen molar-refractivity contribution in [3.05, 3.63) is 0 Å². The zero-order valence-electron chi connectivity index (χ0n) is 14.1. The average molecular weight is 280 g/mol. The van der Waals surface area contributed by atoms with Gasteiger partial charge in [-0.1, -0.05) is 46.5 Å². The fourth-order valence-electron chi connectivity index (χ4n) is 4.41. The number of nitrogens with zero attached hydrogens (tertiary/aromatic N) is 1. The summed E-state index contributed by atoms with van der Waals surface area (Å²) in [5, 5.41) is 3.94. The second-order valence-corrected chi connectivity index (χ2v) is 7.01. The predicted octanol–water partition coefficient (Wildman–Crippen LogP) is 4.20. The van der Waals surface area contributed by atoms with Crippen molar-refractivity contribution in [1.82, 2.24) is 10.2 Å². The molecule has 1 unspecified atom stereocenters. The highest BCUT2D eigenvalue weighted by Gasteiger charge is 2.44. The Morgan fingerprint density at radius 3 is 2.25 bits per heavy atom. The maximum absolute atomic E-state index is 3.94. The molecule has 2 aliphatic rings. The van der Waals surface area contributed by atoms with Crippen molar-refractivity contribution in [3.63, 3.8) is 0 Å². The average Bonchev–Trinajstić information content (AvgIpc) is 3.17. The fraction of sp³-hybridized carbons (Fsp3) is 1.00. The maximum atomic E-state index is 3.94. The van der Waals surface area contributed by atoms with E-state index in [9.17, 15) is 0 Å². The summed E-state index contributed by atoms with van der Waals surface area (Å²) in [6.45, 7) is 10.6. The van der Waals surface area contributed by atoms with E-state index in [1.807, 2.05) is 0 Å². The first-order chi connectivity index (χ1) is 9.76. The third-order valence-corrected chi connectivity index (χ3v) is 5.71. The molecule has 2 saturated carbocycles. The molecule has 0 heterocycles. The lowest BCUT2D eigenvalue weighted by molar-refractivity contribution is 0.0583. The molecule has 0 radical (unpaired) electrons. The minimum absolute atomic E-state index is 0.466. The molecule has 1 N–H and O–H groups in total. The van der Waals surface area contributed by atoms with Crippen LogP contribution in [0.25, 0.3) is 0 Å². The zero-order valence-corrected chi connectivity index (χ0v) is 14.1. The van der Waals surface area contributed by atoms with E-state index in [-0.39, 0.29) is 0 Å². The molecule has 0 spiro atoms. The molecule has 2 fully saturated rings. The SMILES string of the molecule is CCCNC(CCC1CC1)C1(N(CC)CC)CCCC1. The Morgan fingerprint density at radius 1 is 1.10 bits per heavy atom. The molecule has 20 heavy (non-hydrogen) atoms. The van der Waals surface area contributed by atoms with Gasteiger partial charge in [-0.05, 0) is 57.7 Å². The zero-order chi connectivity index (χ0) is 14.4. The normalized spacial score (nSPS) is 23.4. The van der Waals surface area contributed by atoms with Crippen LogP contribution in [0.4, 0.5) is 0 Å². The number of rotatable bonds is 10. The molecule has 0 aromatic heterocycles. The van der Waals surface area contributed by atoms with Crippen LogP contribution >= 0.6 is 0 Å². The van der Waals surface area contributed by atoms with Gasteiger partial charge in [-0.15, -0.1) is 0 Å². The monoisotopic (exact) mass is 280 g/mol. The first kappa shape index (κ1) is 16.3. The Labute approximate surface area is 126 Å². The lowest BCUT2D eigenvalue weighted by atomic mass is 9.82.